The molecule has 0 amide bonds. The molecule has 0 radical (unpaired) electrons. The minimum absolute atomic E-state index is 0.232. The van der Waals surface area contributed by atoms with Crippen LogP contribution in [0.1, 0.15) is 82.0 Å². The van der Waals surface area contributed by atoms with Crippen molar-refractivity contribution in [2.75, 3.05) is 0 Å². The lowest BCUT2D eigenvalue weighted by molar-refractivity contribution is 0.306. The van der Waals surface area contributed by atoms with Gasteiger partial charge in [0.25, 0.3) is 0 Å². The Morgan fingerprint density at radius 3 is 0.847 bits per heavy atom. The molecule has 0 aliphatic heterocycles. The number of hydrogen-bond donors (Lipinski definition) is 0. The lowest BCUT2D eigenvalue weighted by Crippen LogP contribution is -2.26. The van der Waals surface area contributed by atoms with Gasteiger partial charge in [0.15, 0.2) is 0 Å². The van der Waals surface area contributed by atoms with Gasteiger partial charge in [0.1, 0.15) is 37.1 Å². The average Bonchev–Trinajstić information content (AvgIpc) is 3.30. The van der Waals surface area contributed by atoms with Gasteiger partial charge in [-0.2, -0.15) is 0 Å². The smallest absolute Gasteiger partial charge is 0.119 e. The molecular formula is C56H52O3. The first-order valence-corrected chi connectivity index (χ1v) is 20.1. The van der Waals surface area contributed by atoms with E-state index in [2.05, 4.69) is 210 Å². The zero-order chi connectivity index (χ0) is 41.2. The van der Waals surface area contributed by atoms with Gasteiger partial charge in [-0.25, -0.2) is 0 Å². The summed E-state index contributed by atoms with van der Waals surface area (Å²) in [6.45, 7) is 19.9. The number of ether oxygens (including phenoxy) is 3. The van der Waals surface area contributed by atoms with Crippen LogP contribution in [0.5, 0.6) is 17.2 Å². The molecule has 0 spiro atoms. The monoisotopic (exact) mass is 772 g/mol. The van der Waals surface area contributed by atoms with E-state index < -0.39 is 5.41 Å². The van der Waals surface area contributed by atoms with Crippen molar-refractivity contribution in [3.05, 3.63) is 251 Å². The van der Waals surface area contributed by atoms with Crippen molar-refractivity contribution in [1.82, 2.24) is 0 Å². The minimum atomic E-state index is -0.467. The highest BCUT2D eigenvalue weighted by Gasteiger charge is 2.32. The molecule has 0 heterocycles. The molecule has 0 fully saturated rings. The predicted octanol–water partition coefficient (Wildman–Crippen LogP) is 14.0. The Morgan fingerprint density at radius 1 is 0.339 bits per heavy atom. The van der Waals surface area contributed by atoms with Gasteiger partial charge in [-0.05, 0) is 105 Å². The van der Waals surface area contributed by atoms with Crippen molar-refractivity contribution >= 4 is 18.2 Å². The molecular weight excluding hydrogens is 721 g/mol. The van der Waals surface area contributed by atoms with Crippen molar-refractivity contribution in [3.63, 3.8) is 0 Å². The van der Waals surface area contributed by atoms with Crippen molar-refractivity contribution < 1.29 is 14.2 Å². The summed E-state index contributed by atoms with van der Waals surface area (Å²) in [4.78, 5) is 0. The van der Waals surface area contributed by atoms with E-state index in [-0.39, 0.29) is 5.41 Å². The molecule has 0 bridgehead atoms. The van der Waals surface area contributed by atoms with Crippen LogP contribution in [0.25, 0.3) is 18.2 Å². The summed E-state index contributed by atoms with van der Waals surface area (Å²) in [5.74, 6) is 2.49. The number of rotatable bonds is 17. The summed E-state index contributed by atoms with van der Waals surface area (Å²) in [6, 6.07) is 59.4. The number of benzene rings is 7. The zero-order valence-corrected chi connectivity index (χ0v) is 34.4. The average molecular weight is 773 g/mol. The molecule has 3 heteroatoms. The lowest BCUT2D eigenvalue weighted by Gasteiger charge is -2.33. The van der Waals surface area contributed by atoms with Crippen LogP contribution in [0, 0.1) is 0 Å². The van der Waals surface area contributed by atoms with Gasteiger partial charge in [0.2, 0.25) is 0 Å². The van der Waals surface area contributed by atoms with Crippen LogP contribution in [0.2, 0.25) is 0 Å². The third-order valence-electron chi connectivity index (χ3n) is 11.5. The fourth-order valence-corrected chi connectivity index (χ4v) is 7.37. The fraction of sp³-hybridized carbons (Fsp3) is 0.143. The van der Waals surface area contributed by atoms with Gasteiger partial charge in [0.05, 0.1) is 0 Å². The standard InChI is InChI=1S/C56H52O3/c1-7-41-10-16-44(17-11-41)38-57-52-32-26-48(27-33-52)55(4,5)47-22-24-49(25-23-47)56(6,50-28-34-53(35-29-50)58-39-45-18-12-42(8-2)13-19-45)51-30-36-54(37-31-51)59-40-46-20-14-43(9-3)15-21-46/h7-37H,1-3,38-40H2,4-6H3. The highest BCUT2D eigenvalue weighted by molar-refractivity contribution is 5.54. The topological polar surface area (TPSA) is 27.7 Å². The zero-order valence-electron chi connectivity index (χ0n) is 34.4. The molecule has 7 aromatic rings. The van der Waals surface area contributed by atoms with Crippen LogP contribution >= 0.6 is 0 Å². The molecule has 7 rings (SSSR count). The summed E-state index contributed by atoms with van der Waals surface area (Å²) in [5, 5.41) is 0. The Hall–Kier alpha value is -6.84. The Bertz CT molecular complexity index is 2360. The molecule has 0 saturated heterocycles. The first kappa shape index (κ1) is 40.4. The fourth-order valence-electron chi connectivity index (χ4n) is 7.37. The van der Waals surface area contributed by atoms with E-state index in [0.29, 0.717) is 19.8 Å². The minimum Gasteiger partial charge on any atom is -0.489 e. The second-order valence-electron chi connectivity index (χ2n) is 15.6. The van der Waals surface area contributed by atoms with E-state index in [1.54, 1.807) is 0 Å². The Morgan fingerprint density at radius 2 is 0.576 bits per heavy atom. The summed E-state index contributed by atoms with van der Waals surface area (Å²) >= 11 is 0. The first-order valence-electron chi connectivity index (χ1n) is 20.1. The van der Waals surface area contributed by atoms with Crippen molar-refractivity contribution in [2.24, 2.45) is 0 Å². The van der Waals surface area contributed by atoms with Crippen molar-refractivity contribution in [1.29, 1.82) is 0 Å². The first-order chi connectivity index (χ1) is 28.7. The Kier molecular flexibility index (Phi) is 12.4. The van der Waals surface area contributed by atoms with Gasteiger partial charge < -0.3 is 14.2 Å². The Balaban J connectivity index is 1.11. The molecule has 0 aliphatic rings. The maximum atomic E-state index is 6.22. The van der Waals surface area contributed by atoms with E-state index in [0.717, 1.165) is 61.8 Å². The van der Waals surface area contributed by atoms with Crippen molar-refractivity contribution in [3.8, 4) is 17.2 Å². The maximum Gasteiger partial charge on any atom is 0.119 e. The second-order valence-corrected chi connectivity index (χ2v) is 15.6. The maximum absolute atomic E-state index is 6.22. The number of hydrogen-bond acceptors (Lipinski definition) is 3. The molecule has 294 valence electrons. The Labute approximate surface area is 350 Å². The summed E-state index contributed by atoms with van der Waals surface area (Å²) in [5.41, 5.74) is 11.9. The van der Waals surface area contributed by atoms with Gasteiger partial charge in [0, 0.05) is 10.8 Å². The second kappa shape index (κ2) is 18.2. The third-order valence-corrected chi connectivity index (χ3v) is 11.5. The summed E-state index contributed by atoms with van der Waals surface area (Å²) in [7, 11) is 0. The molecule has 0 aliphatic carbocycles. The summed E-state index contributed by atoms with van der Waals surface area (Å²) in [6.07, 6.45) is 5.54. The molecule has 0 saturated carbocycles. The lowest BCUT2D eigenvalue weighted by atomic mass is 9.70. The normalized spacial score (nSPS) is 11.4. The predicted molar refractivity (Wildman–Crippen MR) is 246 cm³/mol. The van der Waals surface area contributed by atoms with Gasteiger partial charge in [-0.1, -0.05) is 185 Å². The molecule has 7 aromatic carbocycles. The van der Waals surface area contributed by atoms with E-state index in [4.69, 9.17) is 14.2 Å². The van der Waals surface area contributed by atoms with Crippen LogP contribution < -0.4 is 14.2 Å². The summed E-state index contributed by atoms with van der Waals surface area (Å²) < 4.78 is 18.6. The largest absolute Gasteiger partial charge is 0.489 e. The highest BCUT2D eigenvalue weighted by Crippen LogP contribution is 2.42. The molecule has 59 heavy (non-hydrogen) atoms. The molecule has 3 nitrogen and oxygen atoms in total. The SMILES string of the molecule is C=Cc1ccc(COc2ccc(C(C)(C)c3ccc(C(C)(c4ccc(OCc5ccc(C=C)cc5)cc4)c4ccc(OCc5ccc(C=C)cc5)cc4)cc3)cc2)cc1. The molecule has 0 N–H and O–H groups in total. The molecule has 0 unspecified atom stereocenters. The van der Waals surface area contributed by atoms with Gasteiger partial charge >= 0.3 is 0 Å². The third kappa shape index (κ3) is 9.49. The quantitative estimate of drug-likeness (QED) is 0.0863. The van der Waals surface area contributed by atoms with Crippen LogP contribution in [-0.2, 0) is 30.7 Å². The molecule has 0 aromatic heterocycles. The van der Waals surface area contributed by atoms with E-state index >= 15 is 0 Å². The van der Waals surface area contributed by atoms with Crippen molar-refractivity contribution in [2.45, 2.75) is 51.4 Å². The van der Waals surface area contributed by atoms with Crippen LogP contribution in [-0.4, -0.2) is 0 Å². The highest BCUT2D eigenvalue weighted by atomic mass is 16.5. The van der Waals surface area contributed by atoms with E-state index in [9.17, 15) is 0 Å². The van der Waals surface area contributed by atoms with E-state index in [1.165, 1.54) is 16.7 Å². The van der Waals surface area contributed by atoms with Gasteiger partial charge in [-0.3, -0.25) is 0 Å². The van der Waals surface area contributed by atoms with Crippen LogP contribution in [0.4, 0.5) is 0 Å². The van der Waals surface area contributed by atoms with Crippen LogP contribution in [0.3, 0.4) is 0 Å². The molecule has 0 atom stereocenters. The van der Waals surface area contributed by atoms with Gasteiger partial charge in [-0.15, -0.1) is 0 Å². The van der Waals surface area contributed by atoms with E-state index in [1.807, 2.05) is 18.2 Å². The van der Waals surface area contributed by atoms with Crippen LogP contribution in [0.15, 0.2) is 190 Å².